The summed E-state index contributed by atoms with van der Waals surface area (Å²) in [5.74, 6) is 0.964. The molecule has 0 N–H and O–H groups in total. The molecular formula is C21H18BrNO4. The number of hydrogen-bond acceptors (Lipinski definition) is 5. The number of nitrogens with zero attached hydrogens (tertiary/aromatic N) is 1. The third-order valence-corrected chi connectivity index (χ3v) is 4.34. The quantitative estimate of drug-likeness (QED) is 0.363. The number of hydrogen-bond donors (Lipinski definition) is 0. The predicted octanol–water partition coefficient (Wildman–Crippen LogP) is 4.76. The van der Waals surface area contributed by atoms with Crippen LogP contribution in [0.5, 0.6) is 11.5 Å². The highest BCUT2D eigenvalue weighted by Gasteiger charge is 2.24. The molecule has 0 fully saturated rings. The molecule has 0 saturated heterocycles. The highest BCUT2D eigenvalue weighted by atomic mass is 79.9. The molecule has 1 aliphatic heterocycles. The Morgan fingerprint density at radius 1 is 1.19 bits per heavy atom. The normalized spacial score (nSPS) is 14.7. The summed E-state index contributed by atoms with van der Waals surface area (Å²) in [6.45, 7) is 6.39. The van der Waals surface area contributed by atoms with Gasteiger partial charge in [0.15, 0.2) is 17.2 Å². The molecule has 0 spiro atoms. The van der Waals surface area contributed by atoms with Crippen LogP contribution in [-0.2, 0) is 9.53 Å². The van der Waals surface area contributed by atoms with Crippen LogP contribution in [0.1, 0.15) is 18.1 Å². The summed E-state index contributed by atoms with van der Waals surface area (Å²) in [5.41, 5.74) is 1.70. The molecule has 0 radical (unpaired) electrons. The van der Waals surface area contributed by atoms with E-state index in [0.29, 0.717) is 30.6 Å². The lowest BCUT2D eigenvalue weighted by Crippen LogP contribution is -2.05. The average Bonchev–Trinajstić information content (AvgIpc) is 3.04. The minimum Gasteiger partial charge on any atom is -0.490 e. The summed E-state index contributed by atoms with van der Waals surface area (Å²) in [6.07, 6.45) is 3.32. The standard InChI is InChI=1S/C21H18BrNO4/c1-3-10-26-19-13-16(22)15(12-18(19)25-4-2)11-17-21(24)27-20(23-17)14-8-6-5-7-9-14/h3,5-9,11-13H,1,4,10H2,2H3/b17-11-. The van der Waals surface area contributed by atoms with Gasteiger partial charge < -0.3 is 14.2 Å². The Bertz CT molecular complexity index is 919. The van der Waals surface area contributed by atoms with Crippen LogP contribution in [0.3, 0.4) is 0 Å². The summed E-state index contributed by atoms with van der Waals surface area (Å²) in [4.78, 5) is 16.5. The molecule has 2 aromatic carbocycles. The molecular weight excluding hydrogens is 410 g/mol. The fourth-order valence-electron chi connectivity index (χ4n) is 2.45. The van der Waals surface area contributed by atoms with E-state index in [2.05, 4.69) is 27.5 Å². The van der Waals surface area contributed by atoms with Crippen molar-refractivity contribution in [1.82, 2.24) is 0 Å². The molecule has 0 aromatic heterocycles. The van der Waals surface area contributed by atoms with Crippen LogP contribution >= 0.6 is 15.9 Å². The third kappa shape index (κ3) is 4.46. The molecule has 5 nitrogen and oxygen atoms in total. The maximum absolute atomic E-state index is 12.2. The van der Waals surface area contributed by atoms with Crippen molar-refractivity contribution in [2.24, 2.45) is 4.99 Å². The Labute approximate surface area is 166 Å². The second-order valence-corrected chi connectivity index (χ2v) is 6.41. The van der Waals surface area contributed by atoms with Crippen LogP contribution in [0, 0.1) is 0 Å². The molecule has 0 amide bonds. The van der Waals surface area contributed by atoms with E-state index in [9.17, 15) is 4.79 Å². The number of halogens is 1. The first-order valence-corrected chi connectivity index (χ1v) is 9.19. The Kier molecular flexibility index (Phi) is 6.08. The van der Waals surface area contributed by atoms with E-state index in [4.69, 9.17) is 14.2 Å². The average molecular weight is 428 g/mol. The van der Waals surface area contributed by atoms with E-state index in [1.54, 1.807) is 24.3 Å². The van der Waals surface area contributed by atoms with Gasteiger partial charge in [0.1, 0.15) is 6.61 Å². The molecule has 2 aromatic rings. The fraction of sp³-hybridized carbons (Fsp3) is 0.143. The Balaban J connectivity index is 1.96. The topological polar surface area (TPSA) is 57.1 Å². The van der Waals surface area contributed by atoms with Gasteiger partial charge in [0, 0.05) is 10.0 Å². The number of benzene rings is 2. The van der Waals surface area contributed by atoms with Crippen molar-refractivity contribution >= 4 is 33.9 Å². The number of carbonyl (C=O) groups is 1. The van der Waals surface area contributed by atoms with E-state index >= 15 is 0 Å². The van der Waals surface area contributed by atoms with Crippen LogP contribution in [0.4, 0.5) is 0 Å². The molecule has 6 heteroatoms. The van der Waals surface area contributed by atoms with Crippen molar-refractivity contribution in [3.05, 3.63) is 76.4 Å². The van der Waals surface area contributed by atoms with Gasteiger partial charge in [-0.15, -0.1) is 0 Å². The molecule has 3 rings (SSSR count). The van der Waals surface area contributed by atoms with Gasteiger partial charge in [-0.1, -0.05) is 46.8 Å². The summed E-state index contributed by atoms with van der Waals surface area (Å²) in [6, 6.07) is 12.9. The molecule has 0 atom stereocenters. The smallest absolute Gasteiger partial charge is 0.363 e. The van der Waals surface area contributed by atoms with Crippen LogP contribution < -0.4 is 9.47 Å². The number of aliphatic imine (C=N–C) groups is 1. The number of ether oxygens (including phenoxy) is 3. The van der Waals surface area contributed by atoms with Crippen LogP contribution in [0.2, 0.25) is 0 Å². The number of rotatable bonds is 7. The van der Waals surface area contributed by atoms with Crippen molar-refractivity contribution in [3.63, 3.8) is 0 Å². The summed E-state index contributed by atoms with van der Waals surface area (Å²) < 4.78 is 17.3. The lowest BCUT2D eigenvalue weighted by Gasteiger charge is -2.13. The maximum atomic E-state index is 12.2. The number of carbonyl (C=O) groups excluding carboxylic acids is 1. The van der Waals surface area contributed by atoms with Gasteiger partial charge in [0.25, 0.3) is 0 Å². The Morgan fingerprint density at radius 2 is 1.93 bits per heavy atom. The predicted molar refractivity (Wildman–Crippen MR) is 108 cm³/mol. The van der Waals surface area contributed by atoms with Gasteiger partial charge in [-0.3, -0.25) is 0 Å². The Morgan fingerprint density at radius 3 is 2.63 bits per heavy atom. The highest BCUT2D eigenvalue weighted by Crippen LogP contribution is 2.35. The lowest BCUT2D eigenvalue weighted by molar-refractivity contribution is -0.129. The van der Waals surface area contributed by atoms with E-state index in [0.717, 1.165) is 15.6 Å². The molecule has 138 valence electrons. The largest absolute Gasteiger partial charge is 0.490 e. The van der Waals surface area contributed by atoms with Gasteiger partial charge in [-0.2, -0.15) is 0 Å². The number of cyclic esters (lactones) is 1. The molecule has 27 heavy (non-hydrogen) atoms. The summed E-state index contributed by atoms with van der Waals surface area (Å²) in [7, 11) is 0. The van der Waals surface area contributed by atoms with Gasteiger partial charge >= 0.3 is 5.97 Å². The highest BCUT2D eigenvalue weighted by molar-refractivity contribution is 9.10. The zero-order valence-corrected chi connectivity index (χ0v) is 16.4. The molecule has 0 aliphatic carbocycles. The van der Waals surface area contributed by atoms with E-state index in [1.165, 1.54) is 0 Å². The van der Waals surface area contributed by atoms with Gasteiger partial charge in [-0.05, 0) is 42.8 Å². The minimum absolute atomic E-state index is 0.219. The van der Waals surface area contributed by atoms with E-state index < -0.39 is 5.97 Å². The van der Waals surface area contributed by atoms with Crippen molar-refractivity contribution in [2.45, 2.75) is 6.92 Å². The zero-order valence-electron chi connectivity index (χ0n) is 14.8. The SMILES string of the molecule is C=CCOc1cc(Br)c(/C=C2\N=C(c3ccccc3)OC2=O)cc1OCC. The Hall–Kier alpha value is -2.86. The lowest BCUT2D eigenvalue weighted by atomic mass is 10.1. The van der Waals surface area contributed by atoms with Crippen molar-refractivity contribution in [1.29, 1.82) is 0 Å². The van der Waals surface area contributed by atoms with Gasteiger partial charge in [0.2, 0.25) is 5.90 Å². The minimum atomic E-state index is -0.495. The van der Waals surface area contributed by atoms with Crippen molar-refractivity contribution in [2.75, 3.05) is 13.2 Å². The summed E-state index contributed by atoms with van der Waals surface area (Å²) >= 11 is 3.51. The van der Waals surface area contributed by atoms with E-state index in [-0.39, 0.29) is 5.70 Å². The van der Waals surface area contributed by atoms with Crippen LogP contribution in [0.25, 0.3) is 6.08 Å². The van der Waals surface area contributed by atoms with Crippen LogP contribution in [0.15, 0.2) is 70.3 Å². The maximum Gasteiger partial charge on any atom is 0.363 e. The molecule has 0 bridgehead atoms. The van der Waals surface area contributed by atoms with Gasteiger partial charge in [-0.25, -0.2) is 9.79 Å². The molecule has 1 aliphatic rings. The van der Waals surface area contributed by atoms with Crippen LogP contribution in [-0.4, -0.2) is 25.1 Å². The zero-order chi connectivity index (χ0) is 19.2. The second kappa shape index (κ2) is 8.68. The number of esters is 1. The summed E-state index contributed by atoms with van der Waals surface area (Å²) in [5, 5.41) is 0. The van der Waals surface area contributed by atoms with Crippen molar-refractivity contribution in [3.8, 4) is 11.5 Å². The van der Waals surface area contributed by atoms with Crippen molar-refractivity contribution < 1.29 is 19.0 Å². The van der Waals surface area contributed by atoms with Gasteiger partial charge in [0.05, 0.1) is 6.61 Å². The van der Waals surface area contributed by atoms with E-state index in [1.807, 2.05) is 37.3 Å². The first kappa shape index (κ1) is 18.9. The first-order valence-electron chi connectivity index (χ1n) is 8.40. The third-order valence-electron chi connectivity index (χ3n) is 3.65. The monoisotopic (exact) mass is 427 g/mol. The second-order valence-electron chi connectivity index (χ2n) is 5.56. The fourth-order valence-corrected chi connectivity index (χ4v) is 2.89. The molecule has 0 unspecified atom stereocenters. The molecule has 0 saturated carbocycles. The first-order chi connectivity index (χ1) is 13.1. The molecule has 1 heterocycles.